The Bertz CT molecular complexity index is 848. The van der Waals surface area contributed by atoms with E-state index in [4.69, 9.17) is 9.47 Å². The summed E-state index contributed by atoms with van der Waals surface area (Å²) in [5, 5.41) is 14.7. The molecule has 122 valence electrons. The average Bonchev–Trinajstić information content (AvgIpc) is 3.02. The molecule has 0 spiro atoms. The number of hydrogen-bond acceptors (Lipinski definition) is 6. The van der Waals surface area contributed by atoms with E-state index in [2.05, 4.69) is 10.5 Å². The molecular weight excluding hydrogens is 314 g/mol. The van der Waals surface area contributed by atoms with Crippen molar-refractivity contribution in [2.24, 2.45) is 5.10 Å². The SMILES string of the molecule is Cc1cc(C(=O)N/N=C/c2ccc3c(c2)OCO3)ccc1[N+](=O)[O-]. The molecular formula is C16H13N3O5. The van der Waals surface area contributed by atoms with Crippen LogP contribution in [0.1, 0.15) is 21.5 Å². The molecule has 2 aromatic rings. The summed E-state index contributed by atoms with van der Waals surface area (Å²) in [6.45, 7) is 1.76. The van der Waals surface area contributed by atoms with Gasteiger partial charge in [0.15, 0.2) is 11.5 Å². The summed E-state index contributed by atoms with van der Waals surface area (Å²) in [5.41, 5.74) is 3.79. The van der Waals surface area contributed by atoms with Crippen molar-refractivity contribution in [3.63, 3.8) is 0 Å². The van der Waals surface area contributed by atoms with Gasteiger partial charge in [-0.3, -0.25) is 14.9 Å². The Morgan fingerprint density at radius 1 is 1.25 bits per heavy atom. The number of aryl methyl sites for hydroxylation is 1. The molecule has 8 nitrogen and oxygen atoms in total. The molecule has 2 aromatic carbocycles. The summed E-state index contributed by atoms with van der Waals surface area (Å²) >= 11 is 0. The van der Waals surface area contributed by atoms with Crippen molar-refractivity contribution in [1.82, 2.24) is 5.43 Å². The predicted molar refractivity (Wildman–Crippen MR) is 85.5 cm³/mol. The molecule has 0 aromatic heterocycles. The third-order valence-corrected chi connectivity index (χ3v) is 3.43. The first kappa shape index (κ1) is 15.5. The number of carbonyl (C=O) groups excluding carboxylic acids is 1. The number of ether oxygens (including phenoxy) is 2. The minimum atomic E-state index is -0.491. The molecule has 8 heteroatoms. The van der Waals surface area contributed by atoms with Gasteiger partial charge in [0.1, 0.15) is 0 Å². The molecule has 0 unspecified atom stereocenters. The van der Waals surface area contributed by atoms with Gasteiger partial charge in [-0.1, -0.05) is 0 Å². The van der Waals surface area contributed by atoms with E-state index in [9.17, 15) is 14.9 Å². The fourth-order valence-corrected chi connectivity index (χ4v) is 2.22. The zero-order chi connectivity index (χ0) is 17.1. The monoisotopic (exact) mass is 327 g/mol. The maximum Gasteiger partial charge on any atom is 0.272 e. The van der Waals surface area contributed by atoms with Crippen molar-refractivity contribution in [3.8, 4) is 11.5 Å². The lowest BCUT2D eigenvalue weighted by molar-refractivity contribution is -0.385. The number of nitrogens with one attached hydrogen (secondary N) is 1. The smallest absolute Gasteiger partial charge is 0.272 e. The van der Waals surface area contributed by atoms with E-state index >= 15 is 0 Å². The molecule has 0 fully saturated rings. The van der Waals surface area contributed by atoms with Crippen molar-refractivity contribution in [3.05, 3.63) is 63.2 Å². The van der Waals surface area contributed by atoms with Crippen molar-refractivity contribution in [1.29, 1.82) is 0 Å². The van der Waals surface area contributed by atoms with Gasteiger partial charge in [-0.25, -0.2) is 5.43 Å². The van der Waals surface area contributed by atoms with E-state index < -0.39 is 10.8 Å². The van der Waals surface area contributed by atoms with Gasteiger partial charge in [0, 0.05) is 17.2 Å². The fraction of sp³-hybridized carbons (Fsp3) is 0.125. The van der Waals surface area contributed by atoms with Gasteiger partial charge >= 0.3 is 0 Å². The van der Waals surface area contributed by atoms with E-state index in [0.717, 1.165) is 5.56 Å². The number of hydrogen-bond donors (Lipinski definition) is 1. The first-order chi connectivity index (χ1) is 11.5. The molecule has 24 heavy (non-hydrogen) atoms. The van der Waals surface area contributed by atoms with Crippen LogP contribution in [0.5, 0.6) is 11.5 Å². The molecule has 0 saturated carbocycles. The zero-order valence-corrected chi connectivity index (χ0v) is 12.7. The molecule has 0 radical (unpaired) electrons. The Labute approximate surface area is 136 Å². The molecule has 1 amide bonds. The molecule has 1 aliphatic heterocycles. The average molecular weight is 327 g/mol. The second kappa shape index (κ2) is 6.37. The van der Waals surface area contributed by atoms with Gasteiger partial charge in [-0.2, -0.15) is 5.10 Å². The lowest BCUT2D eigenvalue weighted by Crippen LogP contribution is -2.17. The standard InChI is InChI=1S/C16H13N3O5/c1-10-6-12(3-4-13(10)19(21)22)16(20)18-17-8-11-2-5-14-15(7-11)24-9-23-14/h2-8H,9H2,1H3,(H,18,20)/b17-8+. The normalized spacial score (nSPS) is 12.4. The zero-order valence-electron chi connectivity index (χ0n) is 12.7. The van der Waals surface area contributed by atoms with Gasteiger partial charge in [-0.15, -0.1) is 0 Å². The highest BCUT2D eigenvalue weighted by atomic mass is 16.7. The minimum absolute atomic E-state index is 0.0320. The number of nitro groups is 1. The number of carbonyl (C=O) groups is 1. The molecule has 1 N–H and O–H groups in total. The van der Waals surface area contributed by atoms with Crippen molar-refractivity contribution >= 4 is 17.8 Å². The molecule has 3 rings (SSSR count). The van der Waals surface area contributed by atoms with E-state index in [1.165, 1.54) is 24.4 Å². The van der Waals surface area contributed by atoms with Crippen LogP contribution in [0.2, 0.25) is 0 Å². The van der Waals surface area contributed by atoms with Crippen LogP contribution in [-0.4, -0.2) is 23.8 Å². The number of fused-ring (bicyclic) bond motifs is 1. The van der Waals surface area contributed by atoms with Crippen LogP contribution in [0.25, 0.3) is 0 Å². The summed E-state index contributed by atoms with van der Waals surface area (Å²) in [7, 11) is 0. The topological polar surface area (TPSA) is 103 Å². The molecule has 0 bridgehead atoms. The molecule has 0 aliphatic carbocycles. The minimum Gasteiger partial charge on any atom is -0.454 e. The van der Waals surface area contributed by atoms with E-state index in [1.54, 1.807) is 25.1 Å². The Hall–Kier alpha value is -3.42. The highest BCUT2D eigenvalue weighted by molar-refractivity contribution is 5.95. The van der Waals surface area contributed by atoms with E-state index in [-0.39, 0.29) is 12.5 Å². The van der Waals surface area contributed by atoms with E-state index in [1.807, 2.05) is 0 Å². The maximum absolute atomic E-state index is 12.0. The number of rotatable bonds is 4. The van der Waals surface area contributed by atoms with Crippen LogP contribution in [0.4, 0.5) is 5.69 Å². The highest BCUT2D eigenvalue weighted by Gasteiger charge is 2.14. The van der Waals surface area contributed by atoms with Crippen molar-refractivity contribution in [2.45, 2.75) is 6.92 Å². The third-order valence-electron chi connectivity index (χ3n) is 3.43. The van der Waals surface area contributed by atoms with Crippen LogP contribution >= 0.6 is 0 Å². The van der Waals surface area contributed by atoms with Gasteiger partial charge in [-0.05, 0) is 42.8 Å². The quantitative estimate of drug-likeness (QED) is 0.527. The molecule has 0 saturated heterocycles. The van der Waals surface area contributed by atoms with Crippen molar-refractivity contribution in [2.75, 3.05) is 6.79 Å². The predicted octanol–water partition coefficient (Wildman–Crippen LogP) is 2.40. The van der Waals surface area contributed by atoms with Crippen LogP contribution in [-0.2, 0) is 0 Å². The maximum atomic E-state index is 12.0. The fourth-order valence-electron chi connectivity index (χ4n) is 2.22. The Morgan fingerprint density at radius 2 is 2.04 bits per heavy atom. The van der Waals surface area contributed by atoms with Gasteiger partial charge < -0.3 is 9.47 Å². The molecule has 1 aliphatic rings. The van der Waals surface area contributed by atoms with Crippen LogP contribution in [0.3, 0.4) is 0 Å². The number of amides is 1. The highest BCUT2D eigenvalue weighted by Crippen LogP contribution is 2.31. The third kappa shape index (κ3) is 3.17. The lowest BCUT2D eigenvalue weighted by Gasteiger charge is -2.02. The summed E-state index contributed by atoms with van der Waals surface area (Å²) in [6.07, 6.45) is 1.47. The first-order valence-corrected chi connectivity index (χ1v) is 7.03. The summed E-state index contributed by atoms with van der Waals surface area (Å²) in [4.78, 5) is 22.3. The summed E-state index contributed by atoms with van der Waals surface area (Å²) in [6, 6.07) is 9.41. The van der Waals surface area contributed by atoms with Crippen molar-refractivity contribution < 1.29 is 19.2 Å². The Morgan fingerprint density at radius 3 is 2.79 bits per heavy atom. The second-order valence-electron chi connectivity index (χ2n) is 5.07. The summed E-state index contributed by atoms with van der Waals surface area (Å²) < 4.78 is 10.5. The Kier molecular flexibility index (Phi) is 4.11. The largest absolute Gasteiger partial charge is 0.454 e. The first-order valence-electron chi connectivity index (χ1n) is 7.03. The number of benzene rings is 2. The number of nitrogens with zero attached hydrogens (tertiary/aromatic N) is 2. The second-order valence-corrected chi connectivity index (χ2v) is 5.07. The van der Waals surface area contributed by atoms with Crippen LogP contribution in [0, 0.1) is 17.0 Å². The number of nitro benzene ring substituents is 1. The molecule has 0 atom stereocenters. The van der Waals surface area contributed by atoms with Gasteiger partial charge in [0.25, 0.3) is 11.6 Å². The Balaban J connectivity index is 1.67. The summed E-state index contributed by atoms with van der Waals surface area (Å²) in [5.74, 6) is 0.832. The van der Waals surface area contributed by atoms with Gasteiger partial charge in [0.05, 0.1) is 11.1 Å². The number of hydrazone groups is 1. The van der Waals surface area contributed by atoms with Crippen LogP contribution < -0.4 is 14.9 Å². The van der Waals surface area contributed by atoms with Gasteiger partial charge in [0.2, 0.25) is 6.79 Å². The lowest BCUT2D eigenvalue weighted by atomic mass is 10.1. The van der Waals surface area contributed by atoms with E-state index in [0.29, 0.717) is 22.6 Å². The molecule has 1 heterocycles. The van der Waals surface area contributed by atoms with Crippen LogP contribution in [0.15, 0.2) is 41.5 Å².